The molecule has 144 valence electrons. The Hall–Kier alpha value is -2.99. The van der Waals surface area contributed by atoms with Gasteiger partial charge >= 0.3 is 0 Å². The third-order valence-corrected chi connectivity index (χ3v) is 5.09. The molecular weight excluding hydrogens is 348 g/mol. The molecule has 4 rings (SSSR count). The minimum Gasteiger partial charge on any atom is -0.354 e. The van der Waals surface area contributed by atoms with Gasteiger partial charge < -0.3 is 9.80 Å². The monoisotopic (exact) mass is 374 g/mol. The van der Waals surface area contributed by atoms with Crippen molar-refractivity contribution < 1.29 is 0 Å². The van der Waals surface area contributed by atoms with Crippen molar-refractivity contribution in [2.45, 2.75) is 13.1 Å². The van der Waals surface area contributed by atoms with Crippen molar-refractivity contribution >= 4 is 11.8 Å². The van der Waals surface area contributed by atoms with Gasteiger partial charge in [0.1, 0.15) is 0 Å². The summed E-state index contributed by atoms with van der Waals surface area (Å²) in [6.07, 6.45) is 1.73. The van der Waals surface area contributed by atoms with Gasteiger partial charge in [-0.3, -0.25) is 4.90 Å². The van der Waals surface area contributed by atoms with Crippen LogP contribution < -0.4 is 9.80 Å². The maximum atomic E-state index is 4.76. The lowest BCUT2D eigenvalue weighted by Crippen LogP contribution is -2.46. The van der Waals surface area contributed by atoms with Gasteiger partial charge in [-0.2, -0.15) is 10.1 Å². The Bertz CT molecular complexity index is 862. The molecule has 2 aromatic carbocycles. The van der Waals surface area contributed by atoms with Crippen LogP contribution in [0, 0.1) is 0 Å². The molecule has 1 aromatic heterocycles. The van der Waals surface area contributed by atoms with E-state index in [2.05, 4.69) is 79.5 Å². The van der Waals surface area contributed by atoms with E-state index in [1.54, 1.807) is 6.20 Å². The molecule has 0 N–H and O–H groups in total. The fourth-order valence-corrected chi connectivity index (χ4v) is 3.49. The quantitative estimate of drug-likeness (QED) is 0.661. The summed E-state index contributed by atoms with van der Waals surface area (Å²) < 4.78 is 0. The highest BCUT2D eigenvalue weighted by molar-refractivity contribution is 5.42. The summed E-state index contributed by atoms with van der Waals surface area (Å²) in [5.74, 6) is 1.57. The summed E-state index contributed by atoms with van der Waals surface area (Å²) in [7, 11) is 2.04. The van der Waals surface area contributed by atoms with Gasteiger partial charge in [0.15, 0.2) is 5.82 Å². The Morgan fingerprint density at radius 2 is 1.50 bits per heavy atom. The van der Waals surface area contributed by atoms with Crippen molar-refractivity contribution in [2.75, 3.05) is 43.0 Å². The highest BCUT2D eigenvalue weighted by Gasteiger charge is 2.20. The Kier molecular flexibility index (Phi) is 5.77. The number of nitrogens with zero attached hydrogens (tertiary/aromatic N) is 6. The van der Waals surface area contributed by atoms with E-state index in [1.807, 2.05) is 13.1 Å². The number of rotatable bonds is 6. The highest BCUT2D eigenvalue weighted by atomic mass is 15.4. The second-order valence-electron chi connectivity index (χ2n) is 7.21. The van der Waals surface area contributed by atoms with Crippen LogP contribution in [0.4, 0.5) is 11.8 Å². The van der Waals surface area contributed by atoms with E-state index in [1.165, 1.54) is 11.1 Å². The van der Waals surface area contributed by atoms with E-state index in [9.17, 15) is 0 Å². The number of aromatic nitrogens is 3. The van der Waals surface area contributed by atoms with Crippen molar-refractivity contribution in [1.29, 1.82) is 0 Å². The van der Waals surface area contributed by atoms with Gasteiger partial charge in [0.05, 0.1) is 6.20 Å². The zero-order valence-electron chi connectivity index (χ0n) is 16.3. The molecule has 0 aliphatic carbocycles. The smallest absolute Gasteiger partial charge is 0.247 e. The predicted octanol–water partition coefficient (Wildman–Crippen LogP) is 2.83. The number of benzene rings is 2. The largest absolute Gasteiger partial charge is 0.354 e. The summed E-state index contributed by atoms with van der Waals surface area (Å²) >= 11 is 0. The van der Waals surface area contributed by atoms with Crippen molar-refractivity contribution in [2.24, 2.45) is 0 Å². The molecule has 6 nitrogen and oxygen atoms in total. The first-order valence-electron chi connectivity index (χ1n) is 9.74. The fraction of sp³-hybridized carbons (Fsp3) is 0.318. The van der Waals surface area contributed by atoms with E-state index < -0.39 is 0 Å². The Morgan fingerprint density at radius 1 is 0.857 bits per heavy atom. The van der Waals surface area contributed by atoms with Crippen LogP contribution in [0.5, 0.6) is 0 Å². The van der Waals surface area contributed by atoms with E-state index in [0.717, 1.165) is 51.0 Å². The van der Waals surface area contributed by atoms with Gasteiger partial charge in [0.25, 0.3) is 0 Å². The van der Waals surface area contributed by atoms with Crippen molar-refractivity contribution in [3.63, 3.8) is 0 Å². The van der Waals surface area contributed by atoms with Crippen molar-refractivity contribution in [1.82, 2.24) is 20.1 Å². The Morgan fingerprint density at radius 3 is 2.18 bits per heavy atom. The standard InChI is InChI=1S/C22H26N6/c1-26(17-19-8-4-2-5-9-19)21-16-23-25-22(24-21)28-14-12-27(13-15-28)18-20-10-6-3-7-11-20/h2-11,16H,12-15,17-18H2,1H3. The topological polar surface area (TPSA) is 48.4 Å². The zero-order chi connectivity index (χ0) is 19.2. The average molecular weight is 374 g/mol. The lowest BCUT2D eigenvalue weighted by atomic mass is 10.2. The molecular formula is C22H26N6. The van der Waals surface area contributed by atoms with E-state index in [4.69, 9.17) is 4.98 Å². The lowest BCUT2D eigenvalue weighted by Gasteiger charge is -2.34. The number of hydrogen-bond donors (Lipinski definition) is 0. The molecule has 28 heavy (non-hydrogen) atoms. The molecule has 1 aliphatic rings. The first kappa shape index (κ1) is 18.4. The van der Waals surface area contributed by atoms with Gasteiger partial charge in [0, 0.05) is 46.3 Å². The minimum absolute atomic E-state index is 0.719. The van der Waals surface area contributed by atoms with E-state index >= 15 is 0 Å². The Balaban J connectivity index is 1.36. The van der Waals surface area contributed by atoms with E-state index in [-0.39, 0.29) is 0 Å². The first-order chi connectivity index (χ1) is 13.8. The number of anilines is 2. The van der Waals surface area contributed by atoms with Gasteiger partial charge in [-0.1, -0.05) is 60.7 Å². The summed E-state index contributed by atoms with van der Waals surface area (Å²) in [6, 6.07) is 21.0. The normalized spacial score (nSPS) is 14.8. The molecule has 0 amide bonds. The van der Waals surface area contributed by atoms with Gasteiger partial charge in [-0.05, 0) is 11.1 Å². The maximum absolute atomic E-state index is 4.76. The Labute approximate surface area is 166 Å². The highest BCUT2D eigenvalue weighted by Crippen LogP contribution is 2.17. The molecule has 3 aromatic rings. The lowest BCUT2D eigenvalue weighted by molar-refractivity contribution is 0.248. The van der Waals surface area contributed by atoms with Crippen molar-refractivity contribution in [3.8, 4) is 0 Å². The van der Waals surface area contributed by atoms with Crippen LogP contribution in [0.25, 0.3) is 0 Å². The molecule has 1 fully saturated rings. The van der Waals surface area contributed by atoms with Crippen LogP contribution in [0.2, 0.25) is 0 Å². The molecule has 0 unspecified atom stereocenters. The van der Waals surface area contributed by atoms with Crippen LogP contribution in [0.1, 0.15) is 11.1 Å². The predicted molar refractivity (Wildman–Crippen MR) is 112 cm³/mol. The number of piperazine rings is 1. The first-order valence-corrected chi connectivity index (χ1v) is 9.74. The molecule has 1 saturated heterocycles. The molecule has 0 saturated carbocycles. The molecule has 6 heteroatoms. The summed E-state index contributed by atoms with van der Waals surface area (Å²) in [6.45, 7) is 5.63. The number of hydrogen-bond acceptors (Lipinski definition) is 6. The molecule has 0 atom stereocenters. The molecule has 0 spiro atoms. The fourth-order valence-electron chi connectivity index (χ4n) is 3.49. The van der Waals surface area contributed by atoms with Crippen LogP contribution in [0.15, 0.2) is 66.9 Å². The van der Waals surface area contributed by atoms with Crippen LogP contribution >= 0.6 is 0 Å². The summed E-state index contributed by atoms with van der Waals surface area (Å²) in [4.78, 5) is 11.6. The third kappa shape index (κ3) is 4.64. The van der Waals surface area contributed by atoms with E-state index in [0.29, 0.717) is 0 Å². The molecule has 1 aliphatic heterocycles. The summed E-state index contributed by atoms with van der Waals surface area (Å²) in [5.41, 5.74) is 2.61. The van der Waals surface area contributed by atoms with Gasteiger partial charge in [0.2, 0.25) is 5.95 Å². The molecule has 0 bridgehead atoms. The second kappa shape index (κ2) is 8.80. The minimum atomic E-state index is 0.719. The third-order valence-electron chi connectivity index (χ3n) is 5.09. The maximum Gasteiger partial charge on any atom is 0.247 e. The molecule has 0 radical (unpaired) electrons. The van der Waals surface area contributed by atoms with Gasteiger partial charge in [-0.15, -0.1) is 5.10 Å². The summed E-state index contributed by atoms with van der Waals surface area (Å²) in [5, 5.41) is 8.48. The molecule has 2 heterocycles. The van der Waals surface area contributed by atoms with Gasteiger partial charge in [-0.25, -0.2) is 0 Å². The average Bonchev–Trinajstić information content (AvgIpc) is 2.76. The van der Waals surface area contributed by atoms with Crippen molar-refractivity contribution in [3.05, 3.63) is 78.0 Å². The van der Waals surface area contributed by atoms with Crippen LogP contribution in [0.3, 0.4) is 0 Å². The van der Waals surface area contributed by atoms with Crippen LogP contribution in [-0.2, 0) is 13.1 Å². The SMILES string of the molecule is CN(Cc1ccccc1)c1cnnc(N2CCN(Cc3ccccc3)CC2)n1. The zero-order valence-corrected chi connectivity index (χ0v) is 16.3. The van der Waals surface area contributed by atoms with Crippen LogP contribution in [-0.4, -0.2) is 53.3 Å². The second-order valence-corrected chi connectivity index (χ2v) is 7.21.